The zero-order valence-corrected chi connectivity index (χ0v) is 18.1. The molecule has 0 bridgehead atoms. The number of sulfonamides is 1. The van der Waals surface area contributed by atoms with Crippen molar-refractivity contribution in [3.05, 3.63) is 96.1 Å². The first-order valence-corrected chi connectivity index (χ1v) is 11.3. The third-order valence-electron chi connectivity index (χ3n) is 4.39. The number of ether oxygens (including phenoxy) is 1. The van der Waals surface area contributed by atoms with Crippen molar-refractivity contribution in [3.8, 4) is 0 Å². The number of ketones is 1. The smallest absolute Gasteiger partial charge is 0.261 e. The lowest BCUT2D eigenvalue weighted by atomic mass is 9.99. The summed E-state index contributed by atoms with van der Waals surface area (Å²) in [4.78, 5) is 12.6. The quantitative estimate of drug-likeness (QED) is 0.375. The van der Waals surface area contributed by atoms with Crippen molar-refractivity contribution in [1.82, 2.24) is 0 Å². The van der Waals surface area contributed by atoms with Gasteiger partial charge in [-0.3, -0.25) is 9.52 Å². The van der Waals surface area contributed by atoms with Crippen LogP contribution in [0.1, 0.15) is 22.0 Å². The zero-order valence-electron chi connectivity index (χ0n) is 15.7. The first-order chi connectivity index (χ1) is 13.9. The van der Waals surface area contributed by atoms with Crippen molar-refractivity contribution in [2.24, 2.45) is 0 Å². The molecule has 0 saturated carbocycles. The van der Waals surface area contributed by atoms with Crippen LogP contribution in [0.5, 0.6) is 0 Å². The standard InChI is InChI=1S/C22H20BrNO4S/c1-28-22(16-10-4-2-5-11-16)20(23)21(25)18-14-8-9-15-19(18)24-29(26,27)17-12-6-3-7-13-17/h2-15,20,22,24H,1H3. The summed E-state index contributed by atoms with van der Waals surface area (Å²) in [5, 5.41) is 0. The molecule has 0 aliphatic carbocycles. The van der Waals surface area contributed by atoms with E-state index in [1.807, 2.05) is 30.3 Å². The number of Topliss-reactive ketones (excluding diaryl/α,β-unsaturated/α-hetero) is 1. The maximum absolute atomic E-state index is 13.2. The number of hydrogen-bond donors (Lipinski definition) is 1. The Hall–Kier alpha value is -2.48. The first kappa shape index (κ1) is 21.2. The van der Waals surface area contributed by atoms with E-state index in [1.165, 1.54) is 19.2 Å². The SMILES string of the molecule is COC(c1ccccc1)C(Br)C(=O)c1ccccc1NS(=O)(=O)c1ccccc1. The fourth-order valence-electron chi connectivity index (χ4n) is 2.94. The lowest BCUT2D eigenvalue weighted by Crippen LogP contribution is -2.25. The van der Waals surface area contributed by atoms with Gasteiger partial charge >= 0.3 is 0 Å². The lowest BCUT2D eigenvalue weighted by Gasteiger charge is -2.22. The molecule has 29 heavy (non-hydrogen) atoms. The van der Waals surface area contributed by atoms with E-state index in [9.17, 15) is 13.2 Å². The monoisotopic (exact) mass is 473 g/mol. The van der Waals surface area contributed by atoms with E-state index < -0.39 is 21.0 Å². The third kappa shape index (κ3) is 4.93. The number of hydrogen-bond acceptors (Lipinski definition) is 4. The zero-order chi connectivity index (χ0) is 20.9. The molecule has 0 amide bonds. The average Bonchev–Trinajstić information content (AvgIpc) is 2.75. The summed E-state index contributed by atoms with van der Waals surface area (Å²) in [6.07, 6.45) is -0.525. The molecular weight excluding hydrogens is 454 g/mol. The van der Waals surface area contributed by atoms with Crippen LogP contribution in [0.15, 0.2) is 89.8 Å². The molecule has 3 aromatic rings. The maximum Gasteiger partial charge on any atom is 0.261 e. The molecule has 0 aromatic heterocycles. The first-order valence-electron chi connectivity index (χ1n) is 8.87. The molecule has 2 atom stereocenters. The van der Waals surface area contributed by atoms with E-state index in [-0.39, 0.29) is 21.9 Å². The number of alkyl halides is 1. The van der Waals surface area contributed by atoms with Gasteiger partial charge in [0, 0.05) is 12.7 Å². The van der Waals surface area contributed by atoms with Crippen molar-refractivity contribution in [2.45, 2.75) is 15.8 Å². The van der Waals surface area contributed by atoms with E-state index in [1.54, 1.807) is 42.5 Å². The number of rotatable bonds is 8. The van der Waals surface area contributed by atoms with E-state index in [0.717, 1.165) is 5.56 Å². The molecule has 1 N–H and O–H groups in total. The minimum absolute atomic E-state index is 0.122. The second-order valence-electron chi connectivity index (χ2n) is 6.30. The molecule has 3 rings (SSSR count). The van der Waals surface area contributed by atoms with Gasteiger partial charge in [0.25, 0.3) is 10.0 Å². The van der Waals surface area contributed by atoms with Crippen molar-refractivity contribution in [1.29, 1.82) is 0 Å². The summed E-state index contributed by atoms with van der Waals surface area (Å²) in [5.41, 5.74) is 1.31. The van der Waals surface area contributed by atoms with Gasteiger partial charge in [-0.1, -0.05) is 76.6 Å². The summed E-state index contributed by atoms with van der Waals surface area (Å²) in [7, 11) is -2.29. The molecule has 5 nitrogen and oxygen atoms in total. The summed E-state index contributed by atoms with van der Waals surface area (Å²) in [6, 6.07) is 23.9. The molecule has 0 aliphatic heterocycles. The molecule has 0 saturated heterocycles. The number of methoxy groups -OCH3 is 1. The van der Waals surface area contributed by atoms with E-state index in [2.05, 4.69) is 20.7 Å². The van der Waals surface area contributed by atoms with E-state index >= 15 is 0 Å². The summed E-state index contributed by atoms with van der Waals surface area (Å²) >= 11 is 3.45. The van der Waals surface area contributed by atoms with Crippen molar-refractivity contribution in [2.75, 3.05) is 11.8 Å². The normalized spacial score (nSPS) is 13.4. The Morgan fingerprint density at radius 3 is 2.07 bits per heavy atom. The van der Waals surface area contributed by atoms with Gasteiger partial charge < -0.3 is 4.74 Å². The lowest BCUT2D eigenvalue weighted by molar-refractivity contribution is 0.0770. The highest BCUT2D eigenvalue weighted by Crippen LogP contribution is 2.31. The fourth-order valence-corrected chi connectivity index (χ4v) is 4.81. The van der Waals surface area contributed by atoms with Crippen LogP contribution in [-0.2, 0) is 14.8 Å². The Kier molecular flexibility index (Phi) is 6.84. The second-order valence-corrected chi connectivity index (χ2v) is 8.97. The number of benzene rings is 3. The van der Waals surface area contributed by atoms with Gasteiger partial charge in [0.1, 0.15) is 10.9 Å². The molecule has 2 unspecified atom stereocenters. The molecule has 0 aliphatic rings. The highest BCUT2D eigenvalue weighted by Gasteiger charge is 2.30. The highest BCUT2D eigenvalue weighted by atomic mass is 79.9. The topological polar surface area (TPSA) is 72.5 Å². The van der Waals surface area contributed by atoms with Crippen LogP contribution in [0.2, 0.25) is 0 Å². The van der Waals surface area contributed by atoms with Crippen molar-refractivity contribution in [3.63, 3.8) is 0 Å². The van der Waals surface area contributed by atoms with Crippen LogP contribution in [0, 0.1) is 0 Å². The van der Waals surface area contributed by atoms with E-state index in [0.29, 0.717) is 0 Å². The molecule has 0 radical (unpaired) electrons. The minimum Gasteiger partial charge on any atom is -0.375 e. The van der Waals surface area contributed by atoms with Gasteiger partial charge in [0.15, 0.2) is 5.78 Å². The van der Waals surface area contributed by atoms with Crippen LogP contribution in [-0.4, -0.2) is 26.1 Å². The summed E-state index contributed by atoms with van der Waals surface area (Å²) < 4.78 is 33.5. The molecule has 0 fully saturated rings. The van der Waals surface area contributed by atoms with E-state index in [4.69, 9.17) is 4.74 Å². The van der Waals surface area contributed by atoms with Gasteiger partial charge in [0.2, 0.25) is 0 Å². The number of halogens is 1. The number of nitrogens with one attached hydrogen (secondary N) is 1. The largest absolute Gasteiger partial charge is 0.375 e. The van der Waals surface area contributed by atoms with Crippen molar-refractivity contribution >= 4 is 37.4 Å². The van der Waals surface area contributed by atoms with Crippen LogP contribution in [0.4, 0.5) is 5.69 Å². The Morgan fingerprint density at radius 1 is 0.897 bits per heavy atom. The maximum atomic E-state index is 13.2. The predicted molar refractivity (Wildman–Crippen MR) is 117 cm³/mol. The van der Waals surface area contributed by atoms with Crippen molar-refractivity contribution < 1.29 is 17.9 Å². The Bertz CT molecular complexity index is 1070. The molecular formula is C22H20BrNO4S. The molecule has 7 heteroatoms. The molecule has 3 aromatic carbocycles. The fraction of sp³-hybridized carbons (Fsp3) is 0.136. The number of para-hydroxylation sites is 1. The second kappa shape index (κ2) is 9.35. The Balaban J connectivity index is 1.91. The number of anilines is 1. The Morgan fingerprint density at radius 2 is 1.45 bits per heavy atom. The van der Waals surface area contributed by atoms with Gasteiger partial charge in [-0.25, -0.2) is 8.42 Å². The summed E-state index contributed by atoms with van der Waals surface area (Å²) in [6.45, 7) is 0. The average molecular weight is 474 g/mol. The third-order valence-corrected chi connectivity index (χ3v) is 6.67. The molecule has 0 spiro atoms. The van der Waals surface area contributed by atoms with Crippen LogP contribution in [0.3, 0.4) is 0 Å². The number of carbonyl (C=O) groups is 1. The van der Waals surface area contributed by atoms with Gasteiger partial charge in [-0.15, -0.1) is 0 Å². The molecule has 0 heterocycles. The minimum atomic E-state index is -3.82. The summed E-state index contributed by atoms with van der Waals surface area (Å²) in [5.74, 6) is -0.285. The van der Waals surface area contributed by atoms with Crippen LogP contribution in [0.25, 0.3) is 0 Å². The van der Waals surface area contributed by atoms with Gasteiger partial charge in [0.05, 0.1) is 10.6 Å². The molecule has 150 valence electrons. The van der Waals surface area contributed by atoms with Crippen LogP contribution < -0.4 is 4.72 Å². The van der Waals surface area contributed by atoms with Crippen LogP contribution >= 0.6 is 15.9 Å². The highest BCUT2D eigenvalue weighted by molar-refractivity contribution is 9.10. The Labute approximate surface area is 178 Å². The number of carbonyl (C=O) groups excluding carboxylic acids is 1. The van der Waals surface area contributed by atoms with Gasteiger partial charge in [-0.05, 0) is 29.8 Å². The van der Waals surface area contributed by atoms with Gasteiger partial charge in [-0.2, -0.15) is 0 Å². The predicted octanol–water partition coefficient (Wildman–Crippen LogP) is 4.82.